The van der Waals surface area contributed by atoms with Crippen LogP contribution in [0.1, 0.15) is 18.1 Å². The van der Waals surface area contributed by atoms with E-state index in [1.807, 2.05) is 13.8 Å². The van der Waals surface area contributed by atoms with Crippen molar-refractivity contribution in [1.82, 2.24) is 0 Å². The summed E-state index contributed by atoms with van der Waals surface area (Å²) in [5.41, 5.74) is 1.99. The molecule has 0 saturated heterocycles. The summed E-state index contributed by atoms with van der Waals surface area (Å²) in [4.78, 5) is 10.3. The van der Waals surface area contributed by atoms with Crippen LogP contribution in [0.3, 0.4) is 0 Å². The Kier molecular flexibility index (Phi) is 3.03. The molecular weight excluding hydrogens is 234 g/mol. The summed E-state index contributed by atoms with van der Waals surface area (Å²) in [6, 6.07) is 3.31. The van der Waals surface area contributed by atoms with Crippen LogP contribution < -0.4 is 0 Å². The summed E-state index contributed by atoms with van der Waals surface area (Å²) in [6.45, 7) is 3.83. The summed E-state index contributed by atoms with van der Waals surface area (Å²) in [7, 11) is 0. The van der Waals surface area contributed by atoms with Crippen molar-refractivity contribution in [2.45, 2.75) is 20.3 Å². The first-order chi connectivity index (χ1) is 6.07. The van der Waals surface area contributed by atoms with Gasteiger partial charge in [0.25, 0.3) is 5.69 Å². The fraction of sp³-hybridized carbons (Fsp3) is 0.333. The van der Waals surface area contributed by atoms with Gasteiger partial charge in [0.15, 0.2) is 0 Å². The predicted octanol–water partition coefficient (Wildman–Crippen LogP) is 3.23. The highest BCUT2D eigenvalue weighted by Crippen LogP contribution is 2.29. The van der Waals surface area contributed by atoms with Gasteiger partial charge in [-0.2, -0.15) is 0 Å². The average molecular weight is 244 g/mol. The second-order valence-corrected chi connectivity index (χ2v) is 3.60. The summed E-state index contributed by atoms with van der Waals surface area (Å²) in [6.07, 6.45) is 0.665. The molecule has 0 bridgehead atoms. The third-order valence-electron chi connectivity index (χ3n) is 1.96. The molecule has 0 atom stereocenters. The normalized spacial score (nSPS) is 10.1. The monoisotopic (exact) mass is 243 g/mol. The van der Waals surface area contributed by atoms with Gasteiger partial charge in [-0.05, 0) is 34.8 Å². The Hall–Kier alpha value is -0.900. The van der Waals surface area contributed by atoms with Crippen LogP contribution in [0.4, 0.5) is 5.69 Å². The van der Waals surface area contributed by atoms with Crippen LogP contribution >= 0.6 is 15.9 Å². The van der Waals surface area contributed by atoms with Crippen LogP contribution in [-0.4, -0.2) is 4.92 Å². The first-order valence-corrected chi connectivity index (χ1v) is 4.79. The van der Waals surface area contributed by atoms with E-state index in [1.54, 1.807) is 12.1 Å². The molecule has 0 aromatic heterocycles. The summed E-state index contributed by atoms with van der Waals surface area (Å²) < 4.78 is 0.851. The second-order valence-electron chi connectivity index (χ2n) is 2.80. The van der Waals surface area contributed by atoms with E-state index < -0.39 is 0 Å². The lowest BCUT2D eigenvalue weighted by molar-refractivity contribution is -0.385. The molecule has 0 aliphatic rings. The number of nitro benzene ring substituents is 1. The molecule has 1 aromatic rings. The van der Waals surface area contributed by atoms with E-state index in [-0.39, 0.29) is 10.6 Å². The Morgan fingerprint density at radius 3 is 2.62 bits per heavy atom. The van der Waals surface area contributed by atoms with Crippen molar-refractivity contribution in [3.63, 3.8) is 0 Å². The zero-order valence-electron chi connectivity index (χ0n) is 7.50. The van der Waals surface area contributed by atoms with Gasteiger partial charge in [0.05, 0.1) is 4.92 Å². The van der Waals surface area contributed by atoms with E-state index in [9.17, 15) is 10.1 Å². The number of halogens is 1. The van der Waals surface area contributed by atoms with E-state index >= 15 is 0 Å². The maximum atomic E-state index is 10.6. The Labute approximate surface area is 85.0 Å². The predicted molar refractivity (Wildman–Crippen MR) is 54.9 cm³/mol. The molecule has 1 rings (SSSR count). The van der Waals surface area contributed by atoms with Crippen LogP contribution in [0.5, 0.6) is 0 Å². The molecule has 0 heterocycles. The standard InChI is InChI=1S/C9H10BrNO2/c1-3-7-8(11(12)13)5-4-6(2)9(7)10/h4-5H,3H2,1-2H3. The highest BCUT2D eigenvalue weighted by molar-refractivity contribution is 9.10. The minimum Gasteiger partial charge on any atom is -0.258 e. The van der Waals surface area contributed by atoms with Crippen molar-refractivity contribution < 1.29 is 4.92 Å². The number of aryl methyl sites for hydroxylation is 1. The fourth-order valence-electron chi connectivity index (χ4n) is 1.24. The first kappa shape index (κ1) is 10.2. The number of hydrogen-bond donors (Lipinski definition) is 0. The fourth-order valence-corrected chi connectivity index (χ4v) is 1.85. The van der Waals surface area contributed by atoms with Gasteiger partial charge in [0, 0.05) is 16.1 Å². The minimum absolute atomic E-state index is 0.194. The number of nitro groups is 1. The topological polar surface area (TPSA) is 43.1 Å². The molecule has 0 radical (unpaired) electrons. The largest absolute Gasteiger partial charge is 0.273 e. The van der Waals surface area contributed by atoms with Gasteiger partial charge in [0.2, 0.25) is 0 Å². The van der Waals surface area contributed by atoms with Crippen LogP contribution in [0.25, 0.3) is 0 Å². The van der Waals surface area contributed by atoms with Crippen molar-refractivity contribution >= 4 is 21.6 Å². The lowest BCUT2D eigenvalue weighted by atomic mass is 10.1. The van der Waals surface area contributed by atoms with Crippen LogP contribution in [0.15, 0.2) is 16.6 Å². The molecule has 4 heteroatoms. The SMILES string of the molecule is CCc1c([N+](=O)[O-])ccc(C)c1Br. The first-order valence-electron chi connectivity index (χ1n) is 4.00. The highest BCUT2D eigenvalue weighted by atomic mass is 79.9. The highest BCUT2D eigenvalue weighted by Gasteiger charge is 2.15. The average Bonchev–Trinajstić information content (AvgIpc) is 2.09. The van der Waals surface area contributed by atoms with Gasteiger partial charge in [-0.25, -0.2) is 0 Å². The summed E-state index contributed by atoms with van der Waals surface area (Å²) in [5, 5.41) is 10.6. The second kappa shape index (κ2) is 3.87. The van der Waals surface area contributed by atoms with Crippen molar-refractivity contribution in [1.29, 1.82) is 0 Å². The Balaban J connectivity index is 3.38. The van der Waals surface area contributed by atoms with Gasteiger partial charge in [-0.1, -0.05) is 13.0 Å². The quantitative estimate of drug-likeness (QED) is 0.592. The molecule has 0 amide bonds. The molecule has 3 nitrogen and oxygen atoms in total. The number of hydrogen-bond acceptors (Lipinski definition) is 2. The minimum atomic E-state index is -0.344. The zero-order valence-corrected chi connectivity index (χ0v) is 9.09. The zero-order chi connectivity index (χ0) is 10.0. The van der Waals surface area contributed by atoms with Gasteiger partial charge < -0.3 is 0 Å². The molecule has 0 aliphatic heterocycles. The molecule has 0 fully saturated rings. The van der Waals surface area contributed by atoms with Gasteiger partial charge in [0.1, 0.15) is 0 Å². The molecule has 0 saturated carbocycles. The molecule has 70 valence electrons. The van der Waals surface area contributed by atoms with Crippen molar-refractivity contribution in [2.24, 2.45) is 0 Å². The van der Waals surface area contributed by atoms with E-state index in [0.29, 0.717) is 6.42 Å². The number of rotatable bonds is 2. The van der Waals surface area contributed by atoms with E-state index in [4.69, 9.17) is 0 Å². The van der Waals surface area contributed by atoms with Gasteiger partial charge >= 0.3 is 0 Å². The van der Waals surface area contributed by atoms with Crippen molar-refractivity contribution in [3.05, 3.63) is 37.8 Å². The third-order valence-corrected chi connectivity index (χ3v) is 3.07. The molecule has 0 N–H and O–H groups in total. The molecule has 0 aliphatic carbocycles. The van der Waals surface area contributed by atoms with E-state index in [0.717, 1.165) is 15.6 Å². The maximum absolute atomic E-state index is 10.6. The Morgan fingerprint density at radius 1 is 1.54 bits per heavy atom. The van der Waals surface area contributed by atoms with Gasteiger partial charge in [-0.15, -0.1) is 0 Å². The van der Waals surface area contributed by atoms with Crippen LogP contribution in [-0.2, 0) is 6.42 Å². The lowest BCUT2D eigenvalue weighted by Gasteiger charge is -2.05. The molecule has 13 heavy (non-hydrogen) atoms. The smallest absolute Gasteiger partial charge is 0.258 e. The maximum Gasteiger partial charge on any atom is 0.273 e. The number of nitrogens with zero attached hydrogens (tertiary/aromatic N) is 1. The molecular formula is C9H10BrNO2. The Bertz CT molecular complexity index is 350. The molecule has 0 spiro atoms. The van der Waals surface area contributed by atoms with Crippen molar-refractivity contribution in [2.75, 3.05) is 0 Å². The van der Waals surface area contributed by atoms with Crippen molar-refractivity contribution in [3.8, 4) is 0 Å². The summed E-state index contributed by atoms with van der Waals surface area (Å²) in [5.74, 6) is 0. The van der Waals surface area contributed by atoms with E-state index in [2.05, 4.69) is 15.9 Å². The summed E-state index contributed by atoms with van der Waals surface area (Å²) >= 11 is 3.36. The Morgan fingerprint density at radius 2 is 2.15 bits per heavy atom. The van der Waals surface area contributed by atoms with E-state index in [1.165, 1.54) is 0 Å². The third kappa shape index (κ3) is 1.88. The molecule has 0 unspecified atom stereocenters. The van der Waals surface area contributed by atoms with Gasteiger partial charge in [-0.3, -0.25) is 10.1 Å². The van der Waals surface area contributed by atoms with Crippen LogP contribution in [0.2, 0.25) is 0 Å². The number of benzene rings is 1. The van der Waals surface area contributed by atoms with Crippen LogP contribution in [0, 0.1) is 17.0 Å². The molecule has 1 aromatic carbocycles. The lowest BCUT2D eigenvalue weighted by Crippen LogP contribution is -1.96.